The van der Waals surface area contributed by atoms with Crippen molar-refractivity contribution in [3.8, 4) is 0 Å². The molecule has 1 heterocycles. The molecular weight excluding hydrogens is 277 g/mol. The first-order valence-corrected chi connectivity index (χ1v) is 5.72. The van der Waals surface area contributed by atoms with E-state index in [1.165, 1.54) is 6.92 Å². The normalized spacial score (nSPS) is 13.8. The van der Waals surface area contributed by atoms with Crippen LogP contribution in [0.5, 0.6) is 0 Å². The molecule has 0 radical (unpaired) electrons. The maximum absolute atomic E-state index is 12.5. The number of nitrogens with zero attached hydrogens (tertiary/aromatic N) is 2. The predicted molar refractivity (Wildman–Crippen MR) is 60.5 cm³/mol. The fourth-order valence-corrected chi connectivity index (χ4v) is 1.88. The van der Waals surface area contributed by atoms with Crippen LogP contribution in [-0.2, 0) is 11.0 Å². The smallest absolute Gasteiger partial charge is 0.301 e. The number of aromatic nitrogens is 2. The molecule has 1 aromatic heterocycles. The van der Waals surface area contributed by atoms with E-state index in [1.54, 1.807) is 0 Å². The molecule has 0 amide bonds. The number of carbonyl (C=O) groups excluding carboxylic acids is 1. The molecule has 17 heavy (non-hydrogen) atoms. The summed E-state index contributed by atoms with van der Waals surface area (Å²) in [6.45, 7) is 1.39. The van der Waals surface area contributed by atoms with Gasteiger partial charge in [0, 0.05) is 0 Å². The second kappa shape index (κ2) is 5.30. The van der Waals surface area contributed by atoms with Crippen LogP contribution >= 0.6 is 24.2 Å². The lowest BCUT2D eigenvalue weighted by atomic mass is 10.2. The van der Waals surface area contributed by atoms with Gasteiger partial charge in [-0.1, -0.05) is 11.6 Å². The molecular formula is C9H10ClF3N2OS. The van der Waals surface area contributed by atoms with Gasteiger partial charge in [0.1, 0.15) is 12.3 Å². The Morgan fingerprint density at radius 1 is 1.59 bits per heavy atom. The van der Waals surface area contributed by atoms with Gasteiger partial charge in [0.05, 0.1) is 10.7 Å². The van der Waals surface area contributed by atoms with Crippen molar-refractivity contribution in [2.45, 2.75) is 25.6 Å². The zero-order valence-electron chi connectivity index (χ0n) is 8.83. The van der Waals surface area contributed by atoms with Gasteiger partial charge in [0.25, 0.3) is 0 Å². The highest BCUT2D eigenvalue weighted by molar-refractivity contribution is 7.80. The first-order valence-electron chi connectivity index (χ1n) is 4.70. The van der Waals surface area contributed by atoms with Gasteiger partial charge in [-0.2, -0.15) is 30.9 Å². The van der Waals surface area contributed by atoms with E-state index in [-0.39, 0.29) is 5.69 Å². The molecule has 0 bridgehead atoms. The van der Waals surface area contributed by atoms with Crippen LogP contribution in [0, 0.1) is 6.92 Å². The van der Waals surface area contributed by atoms with Crippen LogP contribution in [-0.4, -0.2) is 21.8 Å². The van der Waals surface area contributed by atoms with Crippen LogP contribution in [0.15, 0.2) is 0 Å². The highest BCUT2D eigenvalue weighted by atomic mass is 35.5. The molecule has 1 atom stereocenters. The minimum absolute atomic E-state index is 0.123. The average molecular weight is 287 g/mol. The Hall–Kier alpha value is -0.690. The molecule has 0 saturated heterocycles. The second-order valence-electron chi connectivity index (χ2n) is 3.41. The fraction of sp³-hybridized carbons (Fsp3) is 0.556. The van der Waals surface area contributed by atoms with Gasteiger partial charge in [0.2, 0.25) is 0 Å². The quantitative estimate of drug-likeness (QED) is 0.682. The Bertz CT molecular complexity index is 419. The molecule has 0 fully saturated rings. The van der Waals surface area contributed by atoms with E-state index >= 15 is 0 Å². The summed E-state index contributed by atoms with van der Waals surface area (Å²) < 4.78 is 38.6. The molecule has 1 unspecified atom stereocenters. The molecule has 96 valence electrons. The minimum Gasteiger partial charge on any atom is -0.301 e. The Morgan fingerprint density at radius 3 is 2.53 bits per heavy atom. The lowest BCUT2D eigenvalue weighted by Gasteiger charge is -2.11. The van der Waals surface area contributed by atoms with Gasteiger partial charge in [0.15, 0.2) is 5.69 Å². The van der Waals surface area contributed by atoms with Crippen molar-refractivity contribution in [2.24, 2.45) is 0 Å². The Labute approximate surface area is 106 Å². The molecule has 3 nitrogen and oxygen atoms in total. The topological polar surface area (TPSA) is 34.9 Å². The number of hydrogen-bond acceptors (Lipinski definition) is 3. The van der Waals surface area contributed by atoms with Crippen LogP contribution in [0.4, 0.5) is 13.2 Å². The van der Waals surface area contributed by atoms with Crippen molar-refractivity contribution >= 4 is 30.5 Å². The van der Waals surface area contributed by atoms with Crippen molar-refractivity contribution in [1.29, 1.82) is 0 Å². The van der Waals surface area contributed by atoms with Crippen LogP contribution in [0.25, 0.3) is 0 Å². The van der Waals surface area contributed by atoms with E-state index in [1.807, 2.05) is 0 Å². The van der Waals surface area contributed by atoms with Gasteiger partial charge >= 0.3 is 6.18 Å². The zero-order valence-corrected chi connectivity index (χ0v) is 10.5. The SMILES string of the molecule is Cc1c(Cl)c(C(F)(F)F)nn1C(C=O)CCS. The lowest BCUT2D eigenvalue weighted by molar-refractivity contribution is -0.141. The number of rotatable bonds is 4. The lowest BCUT2D eigenvalue weighted by Crippen LogP contribution is -2.15. The average Bonchev–Trinajstić information content (AvgIpc) is 2.53. The summed E-state index contributed by atoms with van der Waals surface area (Å²) in [6, 6.07) is -0.777. The van der Waals surface area contributed by atoms with Crippen molar-refractivity contribution < 1.29 is 18.0 Å². The Balaban J connectivity index is 3.23. The maximum Gasteiger partial charge on any atom is 0.436 e. The number of alkyl halides is 3. The third kappa shape index (κ3) is 2.95. The van der Waals surface area contributed by atoms with E-state index in [4.69, 9.17) is 11.6 Å². The summed E-state index contributed by atoms with van der Waals surface area (Å²) in [4.78, 5) is 10.8. The van der Waals surface area contributed by atoms with E-state index < -0.39 is 22.9 Å². The minimum atomic E-state index is -4.62. The molecule has 0 aromatic carbocycles. The van der Waals surface area contributed by atoms with E-state index in [0.717, 1.165) is 4.68 Å². The standard InChI is InChI=1S/C9H10ClF3N2OS/c1-5-7(10)8(9(11,12)13)14-15(5)6(4-16)2-3-17/h4,6,17H,2-3H2,1H3. The molecule has 0 aliphatic heterocycles. The van der Waals surface area contributed by atoms with E-state index in [9.17, 15) is 18.0 Å². The molecule has 0 aliphatic carbocycles. The van der Waals surface area contributed by atoms with Crippen LogP contribution in [0.2, 0.25) is 5.02 Å². The summed E-state index contributed by atoms with van der Waals surface area (Å²) in [6.07, 6.45) is -3.79. The summed E-state index contributed by atoms with van der Waals surface area (Å²) in [7, 11) is 0. The van der Waals surface area contributed by atoms with E-state index in [2.05, 4.69) is 17.7 Å². The van der Waals surface area contributed by atoms with Crippen LogP contribution < -0.4 is 0 Å². The monoisotopic (exact) mass is 286 g/mol. The summed E-state index contributed by atoms with van der Waals surface area (Å²) >= 11 is 9.49. The first kappa shape index (κ1) is 14.4. The van der Waals surface area contributed by atoms with Crippen molar-refractivity contribution in [3.63, 3.8) is 0 Å². The molecule has 0 N–H and O–H groups in total. The summed E-state index contributed by atoms with van der Waals surface area (Å²) in [5.41, 5.74) is -1.04. The van der Waals surface area contributed by atoms with Gasteiger partial charge in [-0.25, -0.2) is 0 Å². The van der Waals surface area contributed by atoms with Gasteiger partial charge in [-0.15, -0.1) is 0 Å². The summed E-state index contributed by atoms with van der Waals surface area (Å²) in [5.74, 6) is 0.363. The number of aldehydes is 1. The zero-order chi connectivity index (χ0) is 13.2. The third-order valence-corrected chi connectivity index (χ3v) is 2.95. The van der Waals surface area contributed by atoms with Gasteiger partial charge in [-0.3, -0.25) is 4.68 Å². The highest BCUT2D eigenvalue weighted by Gasteiger charge is 2.38. The largest absolute Gasteiger partial charge is 0.436 e. The van der Waals surface area contributed by atoms with Gasteiger partial charge < -0.3 is 4.79 Å². The third-order valence-electron chi connectivity index (χ3n) is 2.24. The Morgan fingerprint density at radius 2 is 2.18 bits per heavy atom. The van der Waals surface area contributed by atoms with E-state index in [0.29, 0.717) is 18.5 Å². The second-order valence-corrected chi connectivity index (χ2v) is 4.23. The highest BCUT2D eigenvalue weighted by Crippen LogP contribution is 2.36. The van der Waals surface area contributed by atoms with Crippen LogP contribution in [0.3, 0.4) is 0 Å². The maximum atomic E-state index is 12.5. The molecule has 1 aromatic rings. The van der Waals surface area contributed by atoms with Crippen molar-refractivity contribution in [2.75, 3.05) is 5.75 Å². The van der Waals surface area contributed by atoms with Crippen molar-refractivity contribution in [3.05, 3.63) is 16.4 Å². The molecule has 0 spiro atoms. The van der Waals surface area contributed by atoms with Gasteiger partial charge in [-0.05, 0) is 19.1 Å². The fourth-order valence-electron chi connectivity index (χ4n) is 1.38. The molecule has 8 heteroatoms. The predicted octanol–water partition coefficient (Wildman–Crippen LogP) is 2.92. The van der Waals surface area contributed by atoms with Crippen LogP contribution in [0.1, 0.15) is 23.9 Å². The molecule has 0 aliphatic rings. The number of carbonyl (C=O) groups is 1. The molecule has 1 rings (SSSR count). The van der Waals surface area contributed by atoms with Crippen molar-refractivity contribution in [1.82, 2.24) is 9.78 Å². The molecule has 0 saturated carbocycles. The Kier molecular flexibility index (Phi) is 4.48. The number of hydrogen-bond donors (Lipinski definition) is 1. The first-order chi connectivity index (χ1) is 7.82. The number of thiol groups is 1. The summed E-state index contributed by atoms with van der Waals surface area (Å²) in [5, 5.41) is 2.90. The number of halogens is 4.